The SMILES string of the molecule is CC(C)CC(CCCN1CCN([n+]2cc(=N)o[n-]2)CC1)C(=O)c1ccccc1.Cl.Cl. The third-order valence-electron chi connectivity index (χ3n) is 5.31. The van der Waals surface area contributed by atoms with Crippen molar-refractivity contribution in [3.05, 3.63) is 47.6 Å². The molecule has 1 aromatic carbocycles. The maximum absolute atomic E-state index is 12.9. The van der Waals surface area contributed by atoms with Gasteiger partial charge in [0.05, 0.1) is 0 Å². The van der Waals surface area contributed by atoms with Gasteiger partial charge in [-0.25, -0.2) is 0 Å². The molecule has 1 aliphatic heterocycles. The van der Waals surface area contributed by atoms with E-state index in [-0.39, 0.29) is 42.1 Å². The zero-order valence-corrected chi connectivity index (χ0v) is 19.3. The molecule has 9 heteroatoms. The molecule has 1 aromatic heterocycles. The van der Waals surface area contributed by atoms with Crippen molar-refractivity contribution < 1.29 is 14.1 Å². The van der Waals surface area contributed by atoms with Crippen LogP contribution >= 0.6 is 24.8 Å². The van der Waals surface area contributed by atoms with Crippen LogP contribution in [0.2, 0.25) is 0 Å². The predicted octanol–water partition coefficient (Wildman–Crippen LogP) is 2.43. The molecule has 1 atom stereocenters. The summed E-state index contributed by atoms with van der Waals surface area (Å²) in [6.07, 6.45) is 4.50. The maximum atomic E-state index is 12.9. The second-order valence-electron chi connectivity index (χ2n) is 7.98. The quantitative estimate of drug-likeness (QED) is 0.461. The Morgan fingerprint density at radius 3 is 2.40 bits per heavy atom. The molecule has 0 bridgehead atoms. The van der Waals surface area contributed by atoms with Crippen molar-refractivity contribution in [1.82, 2.24) is 10.2 Å². The van der Waals surface area contributed by atoms with Crippen LogP contribution in [-0.4, -0.2) is 43.4 Å². The van der Waals surface area contributed by atoms with Crippen molar-refractivity contribution >= 4 is 30.6 Å². The van der Waals surface area contributed by atoms with E-state index >= 15 is 0 Å². The second kappa shape index (κ2) is 12.8. The Hall–Kier alpha value is -1.83. The lowest BCUT2D eigenvalue weighted by Crippen LogP contribution is -2.66. The Morgan fingerprint density at radius 1 is 1.17 bits per heavy atom. The minimum atomic E-state index is 0. The number of benzene rings is 1. The van der Waals surface area contributed by atoms with Crippen molar-refractivity contribution in [3.8, 4) is 0 Å². The number of Topliss-reactive ketones (excluding diaryl/α,β-unsaturated/α-hetero) is 1. The zero-order valence-electron chi connectivity index (χ0n) is 17.7. The number of carbonyl (C=O) groups excluding carboxylic acids is 1. The van der Waals surface area contributed by atoms with Gasteiger partial charge < -0.3 is 9.42 Å². The van der Waals surface area contributed by atoms with Crippen molar-refractivity contribution in [3.63, 3.8) is 0 Å². The lowest BCUT2D eigenvalue weighted by Gasteiger charge is -2.35. The summed E-state index contributed by atoms with van der Waals surface area (Å²) in [5.41, 5.74) is 0.905. The topological polar surface area (TPSA) is 78.5 Å². The van der Waals surface area contributed by atoms with Crippen LogP contribution in [-0.2, 0) is 0 Å². The molecule has 168 valence electrons. The summed E-state index contributed by atoms with van der Waals surface area (Å²) < 4.78 is 4.82. The summed E-state index contributed by atoms with van der Waals surface area (Å²) in [5.74, 6) is 0.903. The fourth-order valence-electron chi connectivity index (χ4n) is 3.86. The summed E-state index contributed by atoms with van der Waals surface area (Å²) in [7, 11) is 0. The van der Waals surface area contributed by atoms with Gasteiger partial charge in [0.2, 0.25) is 0 Å². The van der Waals surface area contributed by atoms with Gasteiger partial charge in [-0.3, -0.25) is 15.2 Å². The number of rotatable bonds is 9. The lowest BCUT2D eigenvalue weighted by atomic mass is 9.86. The number of piperazine rings is 1. The van der Waals surface area contributed by atoms with Gasteiger partial charge in [-0.2, -0.15) is 0 Å². The number of hydrogen-bond donors (Lipinski definition) is 1. The average molecular weight is 458 g/mol. The van der Waals surface area contributed by atoms with E-state index in [1.807, 2.05) is 30.3 Å². The normalized spacial score (nSPS) is 15.4. The average Bonchev–Trinajstić information content (AvgIpc) is 3.14. The van der Waals surface area contributed by atoms with Gasteiger partial charge in [-0.1, -0.05) is 49.0 Å². The van der Waals surface area contributed by atoms with Crippen LogP contribution in [0.15, 0.2) is 41.1 Å². The van der Waals surface area contributed by atoms with E-state index < -0.39 is 0 Å². The highest BCUT2D eigenvalue weighted by molar-refractivity contribution is 5.97. The Kier molecular flexibility index (Phi) is 11.2. The molecule has 1 unspecified atom stereocenters. The van der Waals surface area contributed by atoms with Gasteiger partial charge in [-0.05, 0) is 37.0 Å². The highest BCUT2D eigenvalue weighted by atomic mass is 35.5. The monoisotopic (exact) mass is 457 g/mol. The van der Waals surface area contributed by atoms with Crippen LogP contribution in [0.5, 0.6) is 0 Å². The zero-order chi connectivity index (χ0) is 19.9. The summed E-state index contributed by atoms with van der Waals surface area (Å²) >= 11 is 0. The van der Waals surface area contributed by atoms with Gasteiger partial charge in [0.25, 0.3) is 11.8 Å². The number of aromatic nitrogens is 2. The summed E-state index contributed by atoms with van der Waals surface area (Å²) in [6, 6.07) is 9.69. The number of halogens is 2. The van der Waals surface area contributed by atoms with Crippen molar-refractivity contribution in [2.45, 2.75) is 33.1 Å². The lowest BCUT2D eigenvalue weighted by molar-refractivity contribution is -0.764. The van der Waals surface area contributed by atoms with E-state index in [0.717, 1.165) is 57.5 Å². The van der Waals surface area contributed by atoms with Crippen LogP contribution in [0.3, 0.4) is 0 Å². The molecule has 30 heavy (non-hydrogen) atoms. The Bertz CT molecular complexity index is 801. The van der Waals surface area contributed by atoms with E-state index in [1.54, 1.807) is 11.0 Å². The van der Waals surface area contributed by atoms with Gasteiger partial charge in [0.15, 0.2) is 5.78 Å². The molecule has 0 saturated carbocycles. The fourth-order valence-corrected chi connectivity index (χ4v) is 3.86. The van der Waals surface area contributed by atoms with Crippen LogP contribution in [0, 0.1) is 17.2 Å². The number of ketones is 1. The number of hydrogen-bond acceptors (Lipinski definition) is 5. The number of nitrogens with zero attached hydrogens (tertiary/aromatic N) is 4. The number of nitrogens with one attached hydrogen (secondary N) is 1. The highest BCUT2D eigenvalue weighted by Crippen LogP contribution is 2.22. The van der Waals surface area contributed by atoms with E-state index in [1.165, 1.54) is 0 Å². The maximum Gasteiger partial charge on any atom is 0.286 e. The third-order valence-corrected chi connectivity index (χ3v) is 5.31. The van der Waals surface area contributed by atoms with Crippen LogP contribution in [0.1, 0.15) is 43.5 Å². The minimum Gasteiger partial charge on any atom is -0.380 e. The molecule has 1 saturated heterocycles. The Morgan fingerprint density at radius 2 is 1.83 bits per heavy atom. The molecule has 3 rings (SSSR count). The summed E-state index contributed by atoms with van der Waals surface area (Å²) in [5, 5.41) is 13.4. The molecular weight excluding hydrogens is 425 g/mol. The summed E-state index contributed by atoms with van der Waals surface area (Å²) in [4.78, 5) is 17.0. The molecule has 1 fully saturated rings. The molecule has 1 aliphatic rings. The van der Waals surface area contributed by atoms with Gasteiger partial charge in [-0.15, -0.1) is 24.8 Å². The molecule has 0 aliphatic carbocycles. The molecule has 0 radical (unpaired) electrons. The van der Waals surface area contributed by atoms with E-state index in [2.05, 4.69) is 29.0 Å². The predicted molar refractivity (Wildman–Crippen MR) is 120 cm³/mol. The van der Waals surface area contributed by atoms with Crippen LogP contribution in [0.25, 0.3) is 0 Å². The molecule has 7 nitrogen and oxygen atoms in total. The van der Waals surface area contributed by atoms with Crippen LogP contribution < -0.4 is 20.6 Å². The molecule has 2 heterocycles. The van der Waals surface area contributed by atoms with E-state index in [4.69, 9.17) is 9.93 Å². The Labute approximate surface area is 190 Å². The molecule has 0 spiro atoms. The first-order valence-electron chi connectivity index (χ1n) is 10.2. The van der Waals surface area contributed by atoms with E-state index in [0.29, 0.717) is 5.92 Å². The first-order chi connectivity index (χ1) is 13.5. The van der Waals surface area contributed by atoms with Crippen molar-refractivity contribution in [2.75, 3.05) is 37.7 Å². The Balaban J connectivity index is 0.00000225. The third kappa shape index (κ3) is 7.45. The van der Waals surface area contributed by atoms with Gasteiger partial charge in [0.1, 0.15) is 0 Å². The minimum absolute atomic E-state index is 0. The molecule has 0 amide bonds. The standard InChI is InChI=1S/C21H31N5O2.2ClH/c1-17(2)15-19(21(27)18-7-4-3-5-8-18)9-6-10-24-11-13-25(14-12-24)26-16-20(22)28-23-26;;/h3-5,7-8,16-17,19,22H,6,9-15H2,1-2H3;2*1H. The number of carbonyl (C=O) groups is 1. The molecular formula is C21H33Cl2N5O2. The van der Waals surface area contributed by atoms with Gasteiger partial charge in [0, 0.05) is 37.7 Å². The van der Waals surface area contributed by atoms with Crippen molar-refractivity contribution in [2.24, 2.45) is 11.8 Å². The van der Waals surface area contributed by atoms with Crippen molar-refractivity contribution in [1.29, 1.82) is 5.41 Å². The molecule has 2 aromatic rings. The fraction of sp³-hybridized carbons (Fsp3) is 0.571. The summed E-state index contributed by atoms with van der Waals surface area (Å²) in [6.45, 7) is 9.01. The molecule has 1 N–H and O–H groups in total. The second-order valence-corrected chi connectivity index (χ2v) is 7.98. The van der Waals surface area contributed by atoms with Crippen LogP contribution in [0.4, 0.5) is 0 Å². The largest absolute Gasteiger partial charge is 0.380 e. The highest BCUT2D eigenvalue weighted by Gasteiger charge is 2.22. The van der Waals surface area contributed by atoms with Gasteiger partial charge >= 0.3 is 0 Å². The van der Waals surface area contributed by atoms with E-state index in [9.17, 15) is 4.79 Å². The first-order valence-corrected chi connectivity index (χ1v) is 10.2. The first kappa shape index (κ1) is 26.2. The smallest absolute Gasteiger partial charge is 0.286 e.